The number of aliphatic hydroxyl groups excluding tert-OH is 1. The Labute approximate surface area is 244 Å². The second kappa shape index (κ2) is 12.7. The van der Waals surface area contributed by atoms with E-state index >= 15 is 0 Å². The first-order chi connectivity index (χ1) is 16.8. The number of fused-ring (bicyclic) bond motifs is 1. The van der Waals surface area contributed by atoms with Gasteiger partial charge in [0.25, 0.3) is 0 Å². The van der Waals surface area contributed by atoms with Crippen LogP contribution in [0.4, 0.5) is 0 Å². The largest absolute Gasteiger partial charge is 0.512 e. The van der Waals surface area contributed by atoms with Gasteiger partial charge in [0.05, 0.1) is 0 Å². The molecule has 3 rings (SSSR count). The minimum absolute atomic E-state index is 0. The van der Waals surface area contributed by atoms with Crippen LogP contribution in [0, 0.1) is 23.8 Å². The van der Waals surface area contributed by atoms with E-state index in [4.69, 9.17) is 4.98 Å². The molecule has 0 fully saturated rings. The van der Waals surface area contributed by atoms with Gasteiger partial charge in [0.15, 0.2) is 5.78 Å². The van der Waals surface area contributed by atoms with Gasteiger partial charge in [-0.15, -0.1) is 34.9 Å². The third kappa shape index (κ3) is 9.47. The number of benzene rings is 2. The summed E-state index contributed by atoms with van der Waals surface area (Å²) >= 11 is 0. The smallest absolute Gasteiger partial charge is 0.164 e. The summed E-state index contributed by atoms with van der Waals surface area (Å²) in [5.74, 6) is 0.640. The standard InChI is InChI=1S/C23H26N.C11H20O2.Ir/c1-15(2)17-7-8-18-13-22(24-14-20(18)11-17)19-9-16(3)10-21(12-19)23(4,5)6;1-10(2,3)8(12)7-9(13)11(4,5)6;/h7-8,10-15H,1-6H3;7,12H,1-6H3;/q-1;;/b;8-7-;. The first-order valence-corrected chi connectivity index (χ1v) is 13.2. The predicted molar refractivity (Wildman–Crippen MR) is 158 cm³/mol. The van der Waals surface area contributed by atoms with Crippen LogP contribution in [0.5, 0.6) is 0 Å². The van der Waals surface area contributed by atoms with Gasteiger partial charge in [0.1, 0.15) is 5.76 Å². The first kappa shape index (κ1) is 33.7. The number of aromatic nitrogens is 1. The van der Waals surface area contributed by atoms with Gasteiger partial charge < -0.3 is 10.1 Å². The minimum Gasteiger partial charge on any atom is -0.512 e. The van der Waals surface area contributed by atoms with Gasteiger partial charge in [-0.2, -0.15) is 0 Å². The SMILES string of the molecule is CC(C)(C)C(=O)/C=C(\O)C(C)(C)C.Cc1[c-]c(-c2cc3ccc(C(C)C)cc3cn2)cc(C(C)(C)C)c1.[Ir]. The van der Waals surface area contributed by atoms with Crippen molar-refractivity contribution in [1.82, 2.24) is 4.98 Å². The zero-order valence-electron chi connectivity index (χ0n) is 25.3. The van der Waals surface area contributed by atoms with Crippen molar-refractivity contribution in [2.45, 2.75) is 94.4 Å². The monoisotopic (exact) mass is 693 g/mol. The van der Waals surface area contributed by atoms with Crippen molar-refractivity contribution in [2.75, 3.05) is 0 Å². The average molecular weight is 693 g/mol. The van der Waals surface area contributed by atoms with E-state index in [2.05, 4.69) is 84.0 Å². The minimum atomic E-state index is -0.417. The molecule has 38 heavy (non-hydrogen) atoms. The van der Waals surface area contributed by atoms with Crippen molar-refractivity contribution < 1.29 is 30.0 Å². The third-order valence-electron chi connectivity index (χ3n) is 6.33. The second-order valence-corrected chi connectivity index (χ2v) is 13.4. The van der Waals surface area contributed by atoms with E-state index in [9.17, 15) is 9.90 Å². The molecule has 1 heterocycles. The van der Waals surface area contributed by atoms with Crippen molar-refractivity contribution in [1.29, 1.82) is 0 Å². The Balaban J connectivity index is 0.000000444. The van der Waals surface area contributed by atoms with Gasteiger partial charge in [-0.25, -0.2) is 0 Å². The van der Waals surface area contributed by atoms with Gasteiger partial charge in [-0.05, 0) is 39.4 Å². The topological polar surface area (TPSA) is 50.2 Å². The molecule has 0 aliphatic carbocycles. The molecule has 4 heteroatoms. The molecule has 1 N–H and O–H groups in total. The maximum atomic E-state index is 11.5. The van der Waals surface area contributed by atoms with Crippen molar-refractivity contribution in [3.8, 4) is 11.3 Å². The van der Waals surface area contributed by atoms with E-state index in [0.29, 0.717) is 5.92 Å². The summed E-state index contributed by atoms with van der Waals surface area (Å²) in [5.41, 5.74) is 5.27. The molecule has 0 amide bonds. The number of ketones is 1. The zero-order valence-corrected chi connectivity index (χ0v) is 27.7. The van der Waals surface area contributed by atoms with Crippen LogP contribution < -0.4 is 0 Å². The van der Waals surface area contributed by atoms with Gasteiger partial charge in [0.2, 0.25) is 0 Å². The van der Waals surface area contributed by atoms with Gasteiger partial charge in [-0.3, -0.25) is 4.79 Å². The number of hydrogen-bond acceptors (Lipinski definition) is 3. The van der Waals surface area contributed by atoms with Crippen LogP contribution in [0.3, 0.4) is 0 Å². The Hall–Kier alpha value is -2.29. The molecule has 0 saturated heterocycles. The van der Waals surface area contributed by atoms with Crippen LogP contribution in [-0.4, -0.2) is 15.9 Å². The van der Waals surface area contributed by atoms with Crippen LogP contribution in [0.2, 0.25) is 0 Å². The molecule has 0 unspecified atom stereocenters. The second-order valence-electron chi connectivity index (χ2n) is 13.4. The van der Waals surface area contributed by atoms with E-state index in [-0.39, 0.29) is 42.5 Å². The molecule has 2 aromatic carbocycles. The summed E-state index contributed by atoms with van der Waals surface area (Å²) in [6.07, 6.45) is 3.32. The fraction of sp³-hybridized carbons (Fsp3) is 0.471. The quantitative estimate of drug-likeness (QED) is 0.169. The maximum Gasteiger partial charge on any atom is 0.164 e. The van der Waals surface area contributed by atoms with E-state index < -0.39 is 5.41 Å². The summed E-state index contributed by atoms with van der Waals surface area (Å²) in [5, 5.41) is 12.0. The molecule has 0 bridgehead atoms. The van der Waals surface area contributed by atoms with E-state index in [1.54, 1.807) is 0 Å². The Bertz CT molecular complexity index is 1280. The fourth-order valence-electron chi connectivity index (χ4n) is 3.51. The summed E-state index contributed by atoms with van der Waals surface area (Å²) in [7, 11) is 0. The number of carbonyl (C=O) groups excluding carboxylic acids is 1. The van der Waals surface area contributed by atoms with Gasteiger partial charge >= 0.3 is 0 Å². The van der Waals surface area contributed by atoms with E-state index in [1.165, 1.54) is 28.0 Å². The molecular weight excluding hydrogens is 647 g/mol. The number of hydrogen-bond donors (Lipinski definition) is 1. The van der Waals surface area contributed by atoms with E-state index in [0.717, 1.165) is 16.8 Å². The van der Waals surface area contributed by atoms with Crippen molar-refractivity contribution in [3.63, 3.8) is 0 Å². The Morgan fingerprint density at radius 1 is 0.895 bits per heavy atom. The van der Waals surface area contributed by atoms with Gasteiger partial charge in [0, 0.05) is 43.2 Å². The molecule has 0 atom stereocenters. The summed E-state index contributed by atoms with van der Waals surface area (Å²) in [6, 6.07) is 16.8. The van der Waals surface area contributed by atoms with Crippen LogP contribution >= 0.6 is 0 Å². The van der Waals surface area contributed by atoms with Crippen molar-refractivity contribution in [3.05, 3.63) is 77.2 Å². The van der Waals surface area contributed by atoms with Crippen molar-refractivity contribution in [2.24, 2.45) is 10.8 Å². The van der Waals surface area contributed by atoms with Gasteiger partial charge in [-0.1, -0.05) is 101 Å². The summed E-state index contributed by atoms with van der Waals surface area (Å²) in [4.78, 5) is 16.2. The first-order valence-electron chi connectivity index (χ1n) is 13.2. The van der Waals surface area contributed by atoms with Crippen LogP contribution in [0.15, 0.2) is 54.4 Å². The van der Waals surface area contributed by atoms with Crippen LogP contribution in [-0.2, 0) is 30.3 Å². The van der Waals surface area contributed by atoms with Crippen molar-refractivity contribution >= 4 is 16.6 Å². The molecule has 209 valence electrons. The molecule has 0 aliphatic heterocycles. The fourth-order valence-corrected chi connectivity index (χ4v) is 3.51. The normalized spacial score (nSPS) is 12.6. The number of carbonyl (C=O) groups is 1. The number of pyridine rings is 1. The average Bonchev–Trinajstić information content (AvgIpc) is 2.76. The molecule has 3 aromatic rings. The van der Waals surface area contributed by atoms with Crippen LogP contribution in [0.25, 0.3) is 22.0 Å². The molecule has 1 aromatic heterocycles. The maximum absolute atomic E-state index is 11.5. The summed E-state index contributed by atoms with van der Waals surface area (Å²) < 4.78 is 0. The summed E-state index contributed by atoms with van der Waals surface area (Å²) in [6.45, 7) is 24.4. The number of aliphatic hydroxyl groups is 1. The van der Waals surface area contributed by atoms with E-state index in [1.807, 2.05) is 47.7 Å². The number of aryl methyl sites for hydroxylation is 1. The molecule has 0 spiro atoms. The molecule has 0 aliphatic rings. The molecule has 3 nitrogen and oxygen atoms in total. The number of allylic oxidation sites excluding steroid dienone is 2. The Morgan fingerprint density at radius 2 is 1.50 bits per heavy atom. The molecule has 0 saturated carbocycles. The number of rotatable bonds is 3. The third-order valence-corrected chi connectivity index (χ3v) is 6.33. The predicted octanol–water partition coefficient (Wildman–Crippen LogP) is 9.52. The molecular formula is C34H46IrNO2-. The molecule has 1 radical (unpaired) electrons. The zero-order chi connectivity index (χ0) is 28.3. The Kier molecular flexibility index (Phi) is 11.3. The van der Waals surface area contributed by atoms with Crippen LogP contribution in [0.1, 0.15) is 98.8 Å². The Morgan fingerprint density at radius 3 is 2.00 bits per heavy atom. The number of nitrogens with zero attached hydrogens (tertiary/aromatic N) is 1.